The molecular weight excluding hydrogens is 441 g/mol. The number of hydrogen-bond donors (Lipinski definition) is 1. The number of benzene rings is 1. The van der Waals surface area contributed by atoms with Crippen molar-refractivity contribution in [3.05, 3.63) is 29.6 Å². The zero-order valence-corrected chi connectivity index (χ0v) is 20.3. The molecule has 1 saturated heterocycles. The lowest BCUT2D eigenvalue weighted by atomic mass is 9.56. The number of likely N-dealkylation sites (tertiary alicyclic amines) is 1. The highest BCUT2D eigenvalue weighted by molar-refractivity contribution is 5.96. The lowest BCUT2D eigenvalue weighted by molar-refractivity contribution is -0.118. The van der Waals surface area contributed by atoms with Gasteiger partial charge in [-0.15, -0.1) is 0 Å². The highest BCUT2D eigenvalue weighted by Crippen LogP contribution is 2.54. The predicted molar refractivity (Wildman–Crippen MR) is 125 cm³/mol. The van der Waals surface area contributed by atoms with Crippen molar-refractivity contribution in [1.82, 2.24) is 9.80 Å². The largest absolute Gasteiger partial charge is 0.493 e. The number of rotatable bonds is 9. The zero-order valence-electron chi connectivity index (χ0n) is 20.3. The number of carbonyl (C=O) groups is 3. The second-order valence-electron chi connectivity index (χ2n) is 9.95. The second kappa shape index (κ2) is 11.1. The number of piperidine rings is 1. The van der Waals surface area contributed by atoms with E-state index in [0.717, 1.165) is 43.7 Å². The van der Waals surface area contributed by atoms with Crippen LogP contribution in [0.1, 0.15) is 62.7 Å². The lowest BCUT2D eigenvalue weighted by Crippen LogP contribution is -2.49. The Morgan fingerprint density at radius 1 is 1.24 bits per heavy atom. The van der Waals surface area contributed by atoms with Crippen molar-refractivity contribution in [3.63, 3.8) is 0 Å². The van der Waals surface area contributed by atoms with E-state index in [2.05, 4.69) is 0 Å². The fourth-order valence-corrected chi connectivity index (χ4v) is 5.05. The number of nitrogens with two attached hydrogens (primary N) is 1. The summed E-state index contributed by atoms with van der Waals surface area (Å²) in [7, 11) is 1.39. The van der Waals surface area contributed by atoms with Gasteiger partial charge in [0.2, 0.25) is 5.91 Å². The third-order valence-corrected chi connectivity index (χ3v) is 6.80. The Labute approximate surface area is 200 Å². The van der Waals surface area contributed by atoms with Crippen molar-refractivity contribution in [2.24, 2.45) is 17.1 Å². The minimum atomic E-state index is -0.691. The second-order valence-corrected chi connectivity index (χ2v) is 9.95. The molecule has 0 aromatic heterocycles. The summed E-state index contributed by atoms with van der Waals surface area (Å²) >= 11 is 0. The van der Waals surface area contributed by atoms with Gasteiger partial charge >= 0.3 is 6.09 Å². The molecule has 1 aliphatic carbocycles. The Kier molecular flexibility index (Phi) is 8.38. The number of carbonyl (C=O) groups excluding carboxylic acids is 3. The molecule has 0 radical (unpaired) electrons. The first-order chi connectivity index (χ1) is 16.1. The van der Waals surface area contributed by atoms with E-state index in [0.29, 0.717) is 23.7 Å². The average molecular weight is 478 g/mol. The van der Waals surface area contributed by atoms with Crippen LogP contribution in [-0.2, 0) is 9.53 Å². The van der Waals surface area contributed by atoms with Gasteiger partial charge in [0.25, 0.3) is 5.91 Å². The molecule has 8 nitrogen and oxygen atoms in total. The fourth-order valence-electron chi connectivity index (χ4n) is 5.05. The maximum absolute atomic E-state index is 14.4. The van der Waals surface area contributed by atoms with Gasteiger partial charge in [0.15, 0.2) is 0 Å². The maximum Gasteiger partial charge on any atom is 0.410 e. The van der Waals surface area contributed by atoms with Crippen molar-refractivity contribution in [2.45, 2.75) is 58.5 Å². The van der Waals surface area contributed by atoms with E-state index >= 15 is 0 Å². The van der Waals surface area contributed by atoms with E-state index in [1.165, 1.54) is 32.0 Å². The van der Waals surface area contributed by atoms with Crippen molar-refractivity contribution >= 4 is 17.9 Å². The average Bonchev–Trinajstić information content (AvgIpc) is 2.74. The maximum atomic E-state index is 14.4. The van der Waals surface area contributed by atoms with Crippen LogP contribution in [0.2, 0.25) is 0 Å². The predicted octanol–water partition coefficient (Wildman–Crippen LogP) is 3.58. The van der Waals surface area contributed by atoms with E-state index in [1.54, 1.807) is 6.07 Å². The molecule has 2 aliphatic rings. The first-order valence-corrected chi connectivity index (χ1v) is 12.0. The van der Waals surface area contributed by atoms with Crippen LogP contribution < -0.4 is 10.5 Å². The lowest BCUT2D eigenvalue weighted by Gasteiger charge is -2.52. The van der Waals surface area contributed by atoms with Gasteiger partial charge in [-0.05, 0) is 75.8 Å². The van der Waals surface area contributed by atoms with Crippen molar-refractivity contribution < 1.29 is 28.2 Å². The number of ether oxygens (including phenoxy) is 2. The Balaban J connectivity index is 1.35. The van der Waals surface area contributed by atoms with E-state index in [9.17, 15) is 18.8 Å². The SMILES string of the molecule is CC(C)OC(=O)N1CCC2(CC1)CC(CCCOc1ccc(C(=O)N(C)CC(N)=O)c(F)c1)C2. The summed E-state index contributed by atoms with van der Waals surface area (Å²) in [5, 5.41) is 0. The smallest absolute Gasteiger partial charge is 0.410 e. The molecule has 1 aliphatic heterocycles. The Hall–Kier alpha value is -2.84. The van der Waals surface area contributed by atoms with E-state index in [1.807, 2.05) is 18.7 Å². The van der Waals surface area contributed by atoms with Gasteiger partial charge in [0.1, 0.15) is 11.6 Å². The number of primary amides is 1. The van der Waals surface area contributed by atoms with Crippen LogP contribution in [0, 0.1) is 17.2 Å². The van der Waals surface area contributed by atoms with Gasteiger partial charge in [-0.3, -0.25) is 9.59 Å². The summed E-state index contributed by atoms with van der Waals surface area (Å²) < 4.78 is 25.3. The van der Waals surface area contributed by atoms with Crippen molar-refractivity contribution in [3.8, 4) is 5.75 Å². The molecule has 3 rings (SSSR count). The number of likely N-dealkylation sites (N-methyl/N-ethyl adjacent to an activating group) is 1. The summed E-state index contributed by atoms with van der Waals surface area (Å²) in [5.41, 5.74) is 5.32. The number of halogens is 1. The molecule has 3 amide bonds. The van der Waals surface area contributed by atoms with Gasteiger partial charge in [0.05, 0.1) is 24.8 Å². The molecular formula is C25H36FN3O5. The molecule has 2 N–H and O–H groups in total. The van der Waals surface area contributed by atoms with E-state index in [-0.39, 0.29) is 24.3 Å². The number of hydrogen-bond acceptors (Lipinski definition) is 5. The summed E-state index contributed by atoms with van der Waals surface area (Å²) in [6, 6.07) is 4.12. The Morgan fingerprint density at radius 2 is 1.91 bits per heavy atom. The zero-order chi connectivity index (χ0) is 24.9. The molecule has 1 saturated carbocycles. The molecule has 1 aromatic carbocycles. The van der Waals surface area contributed by atoms with Gasteiger partial charge in [-0.2, -0.15) is 0 Å². The summed E-state index contributed by atoms with van der Waals surface area (Å²) in [6.45, 7) is 5.47. The first-order valence-electron chi connectivity index (χ1n) is 12.0. The monoisotopic (exact) mass is 477 g/mol. The minimum Gasteiger partial charge on any atom is -0.493 e. The van der Waals surface area contributed by atoms with Crippen LogP contribution in [0.25, 0.3) is 0 Å². The van der Waals surface area contributed by atoms with Crippen LogP contribution in [0.4, 0.5) is 9.18 Å². The third kappa shape index (κ3) is 6.61. The van der Waals surface area contributed by atoms with Crippen LogP contribution in [0.3, 0.4) is 0 Å². The van der Waals surface area contributed by atoms with Crippen LogP contribution in [-0.4, -0.2) is 67.1 Å². The Morgan fingerprint density at radius 3 is 2.50 bits per heavy atom. The molecule has 2 fully saturated rings. The van der Waals surface area contributed by atoms with Crippen LogP contribution in [0.15, 0.2) is 18.2 Å². The summed E-state index contributed by atoms with van der Waals surface area (Å²) in [4.78, 5) is 38.1. The van der Waals surface area contributed by atoms with Gasteiger partial charge in [-0.25, -0.2) is 9.18 Å². The Bertz CT molecular complexity index is 891. The number of nitrogens with zero attached hydrogens (tertiary/aromatic N) is 2. The van der Waals surface area contributed by atoms with Crippen LogP contribution >= 0.6 is 0 Å². The standard InChI is InChI=1S/C25H36FN3O5/c1-17(2)34-24(32)29-10-8-25(9-11-29)14-18(15-25)5-4-12-33-19-6-7-20(21(26)13-19)23(31)28(3)16-22(27)30/h6-7,13,17-18H,4-5,8-12,14-16H2,1-3H3,(H2,27,30). The molecule has 1 heterocycles. The highest BCUT2D eigenvalue weighted by atomic mass is 19.1. The normalized spacial score (nSPS) is 17.4. The molecule has 188 valence electrons. The summed E-state index contributed by atoms with van der Waals surface area (Å²) in [5.74, 6) is -0.925. The van der Waals surface area contributed by atoms with E-state index in [4.69, 9.17) is 15.2 Å². The summed E-state index contributed by atoms with van der Waals surface area (Å²) in [6.07, 6.45) is 6.07. The number of amides is 3. The molecule has 1 spiro atoms. The molecule has 0 unspecified atom stereocenters. The molecule has 0 bridgehead atoms. The first kappa shape index (κ1) is 25.8. The van der Waals surface area contributed by atoms with Gasteiger partial charge < -0.3 is 25.0 Å². The molecule has 0 atom stereocenters. The fraction of sp³-hybridized carbons (Fsp3) is 0.640. The van der Waals surface area contributed by atoms with Crippen molar-refractivity contribution in [2.75, 3.05) is 33.3 Å². The highest BCUT2D eigenvalue weighted by Gasteiger charge is 2.46. The molecule has 9 heteroatoms. The topological polar surface area (TPSA) is 102 Å². The molecule has 1 aromatic rings. The van der Waals surface area contributed by atoms with Gasteiger partial charge in [0, 0.05) is 26.2 Å². The van der Waals surface area contributed by atoms with Crippen molar-refractivity contribution in [1.29, 1.82) is 0 Å². The van der Waals surface area contributed by atoms with Crippen LogP contribution in [0.5, 0.6) is 5.75 Å². The third-order valence-electron chi connectivity index (χ3n) is 6.80. The minimum absolute atomic E-state index is 0.0920. The quantitative estimate of drug-likeness (QED) is 0.548. The molecule has 34 heavy (non-hydrogen) atoms. The van der Waals surface area contributed by atoms with Gasteiger partial charge in [-0.1, -0.05) is 0 Å². The van der Waals surface area contributed by atoms with E-state index < -0.39 is 17.6 Å².